The topological polar surface area (TPSA) is 120 Å². The third-order valence-corrected chi connectivity index (χ3v) is 4.49. The first-order chi connectivity index (χ1) is 13.5. The van der Waals surface area contributed by atoms with Crippen molar-refractivity contribution in [3.8, 4) is 0 Å². The lowest BCUT2D eigenvalue weighted by atomic mass is 10.0. The van der Waals surface area contributed by atoms with E-state index in [4.69, 9.17) is 10.5 Å². The van der Waals surface area contributed by atoms with Crippen molar-refractivity contribution < 1.29 is 19.1 Å². The number of aryl methyl sites for hydroxylation is 1. The third kappa shape index (κ3) is 4.56. The summed E-state index contributed by atoms with van der Waals surface area (Å²) in [5.41, 5.74) is 7.40. The van der Waals surface area contributed by atoms with E-state index in [0.717, 1.165) is 5.69 Å². The molecular formula is C20H25N5O4. The maximum absolute atomic E-state index is 12.9. The van der Waals surface area contributed by atoms with Crippen LogP contribution >= 0.6 is 0 Å². The number of nitrogens with zero attached hydrogens (tertiary/aromatic N) is 3. The van der Waals surface area contributed by atoms with Crippen LogP contribution in [0.1, 0.15) is 52.9 Å². The number of aromatic nitrogens is 2. The van der Waals surface area contributed by atoms with E-state index in [2.05, 4.69) is 10.4 Å². The van der Waals surface area contributed by atoms with Crippen LogP contribution in [0.15, 0.2) is 24.3 Å². The Morgan fingerprint density at radius 2 is 1.83 bits per heavy atom. The van der Waals surface area contributed by atoms with E-state index in [-0.39, 0.29) is 12.5 Å². The number of hydrogen-bond acceptors (Lipinski definition) is 5. The number of carbonyl (C=O) groups is 3. The van der Waals surface area contributed by atoms with E-state index >= 15 is 0 Å². The Bertz CT molecular complexity index is 956. The van der Waals surface area contributed by atoms with Crippen molar-refractivity contribution in [3.05, 3.63) is 46.8 Å². The molecule has 2 heterocycles. The van der Waals surface area contributed by atoms with Crippen LogP contribution < -0.4 is 11.1 Å². The lowest BCUT2D eigenvalue weighted by molar-refractivity contribution is 0.0222. The monoisotopic (exact) mass is 399 g/mol. The quantitative estimate of drug-likeness (QED) is 0.819. The fourth-order valence-electron chi connectivity index (χ4n) is 3.18. The Morgan fingerprint density at radius 3 is 2.41 bits per heavy atom. The van der Waals surface area contributed by atoms with E-state index in [1.807, 2.05) is 20.8 Å². The van der Waals surface area contributed by atoms with Crippen molar-refractivity contribution in [1.29, 1.82) is 0 Å². The van der Waals surface area contributed by atoms with Gasteiger partial charge >= 0.3 is 6.09 Å². The van der Waals surface area contributed by atoms with Crippen LogP contribution in [0.3, 0.4) is 0 Å². The molecule has 0 atom stereocenters. The number of rotatable bonds is 3. The van der Waals surface area contributed by atoms with Gasteiger partial charge in [0, 0.05) is 36.8 Å². The normalized spacial score (nSPS) is 13.6. The molecule has 1 aromatic carbocycles. The van der Waals surface area contributed by atoms with Crippen LogP contribution in [0.25, 0.3) is 0 Å². The Kier molecular flexibility index (Phi) is 5.32. The van der Waals surface area contributed by atoms with Gasteiger partial charge in [-0.25, -0.2) is 4.79 Å². The molecule has 154 valence electrons. The second-order valence-electron chi connectivity index (χ2n) is 7.95. The molecule has 0 spiro atoms. The van der Waals surface area contributed by atoms with Crippen LogP contribution in [0.4, 0.5) is 10.5 Å². The molecule has 9 nitrogen and oxygen atoms in total. The fourth-order valence-corrected chi connectivity index (χ4v) is 3.18. The molecule has 1 aliphatic rings. The molecular weight excluding hydrogens is 374 g/mol. The number of carbonyl (C=O) groups excluding carboxylic acids is 3. The molecule has 3 rings (SSSR count). The average molecular weight is 399 g/mol. The van der Waals surface area contributed by atoms with Crippen molar-refractivity contribution in [3.63, 3.8) is 0 Å². The van der Waals surface area contributed by atoms with Gasteiger partial charge in [-0.15, -0.1) is 0 Å². The number of nitrogens with two attached hydrogens (primary N) is 1. The highest BCUT2D eigenvalue weighted by Crippen LogP contribution is 2.24. The Hall–Kier alpha value is -3.36. The zero-order valence-electron chi connectivity index (χ0n) is 17.0. The van der Waals surface area contributed by atoms with Crippen LogP contribution in [0, 0.1) is 0 Å². The summed E-state index contributed by atoms with van der Waals surface area (Å²) < 4.78 is 6.97. The van der Waals surface area contributed by atoms with E-state index in [1.165, 1.54) is 4.68 Å². The van der Waals surface area contributed by atoms with E-state index < -0.39 is 17.6 Å². The lowest BCUT2D eigenvalue weighted by Crippen LogP contribution is -2.40. The minimum atomic E-state index is -0.594. The van der Waals surface area contributed by atoms with E-state index in [0.29, 0.717) is 35.5 Å². The molecule has 3 N–H and O–H groups in total. The first-order valence-corrected chi connectivity index (χ1v) is 9.29. The van der Waals surface area contributed by atoms with Crippen molar-refractivity contribution in [2.24, 2.45) is 12.8 Å². The van der Waals surface area contributed by atoms with Gasteiger partial charge in [0.25, 0.3) is 5.91 Å². The average Bonchev–Trinajstić information content (AvgIpc) is 2.95. The number of nitrogens with one attached hydrogen (secondary N) is 1. The summed E-state index contributed by atoms with van der Waals surface area (Å²) >= 11 is 0. The smallest absolute Gasteiger partial charge is 0.410 e. The minimum absolute atomic E-state index is 0.251. The number of ether oxygens (including phenoxy) is 1. The molecule has 9 heteroatoms. The summed E-state index contributed by atoms with van der Waals surface area (Å²) in [5, 5.41) is 7.23. The maximum atomic E-state index is 12.9. The van der Waals surface area contributed by atoms with E-state index in [9.17, 15) is 14.4 Å². The largest absolute Gasteiger partial charge is 0.444 e. The highest BCUT2D eigenvalue weighted by molar-refractivity contribution is 6.04. The molecule has 29 heavy (non-hydrogen) atoms. The lowest BCUT2D eigenvalue weighted by Gasteiger charge is -2.29. The van der Waals surface area contributed by atoms with Crippen LogP contribution in [0.5, 0.6) is 0 Å². The highest BCUT2D eigenvalue weighted by atomic mass is 16.6. The Balaban J connectivity index is 1.79. The molecule has 0 fully saturated rings. The van der Waals surface area contributed by atoms with Gasteiger partial charge in [-0.2, -0.15) is 5.10 Å². The zero-order chi connectivity index (χ0) is 21.3. The molecule has 0 aliphatic carbocycles. The minimum Gasteiger partial charge on any atom is -0.444 e. The standard InChI is InChI=1S/C20H25N5O4/c1-20(2,3)29-19(28)25-10-9-15-14(11-25)16(24(4)23-15)18(27)22-13-7-5-12(6-8-13)17(21)26/h5-8H,9-11H2,1-4H3,(H2,21,26)(H,22,27). The second-order valence-corrected chi connectivity index (χ2v) is 7.95. The van der Waals surface area contributed by atoms with Crippen molar-refractivity contribution in [1.82, 2.24) is 14.7 Å². The molecule has 0 saturated heterocycles. The molecule has 0 unspecified atom stereocenters. The number of anilines is 1. The van der Waals surface area contributed by atoms with Crippen LogP contribution in [-0.2, 0) is 24.8 Å². The highest BCUT2D eigenvalue weighted by Gasteiger charge is 2.31. The molecule has 0 saturated carbocycles. The summed E-state index contributed by atoms with van der Waals surface area (Å²) in [6.45, 7) is 6.17. The van der Waals surface area contributed by atoms with Gasteiger partial charge in [0.05, 0.1) is 12.2 Å². The molecule has 3 amide bonds. The van der Waals surface area contributed by atoms with Gasteiger partial charge in [-0.1, -0.05) is 0 Å². The van der Waals surface area contributed by atoms with Crippen LogP contribution in [0.2, 0.25) is 0 Å². The molecule has 2 aromatic rings. The van der Waals surface area contributed by atoms with Crippen molar-refractivity contribution >= 4 is 23.6 Å². The summed E-state index contributed by atoms with van der Waals surface area (Å²) in [6.07, 6.45) is 0.128. The Labute approximate surface area is 168 Å². The fraction of sp³-hybridized carbons (Fsp3) is 0.400. The van der Waals surface area contributed by atoms with Gasteiger partial charge < -0.3 is 20.7 Å². The van der Waals surface area contributed by atoms with Crippen LogP contribution in [-0.4, -0.2) is 44.7 Å². The molecule has 0 bridgehead atoms. The summed E-state index contributed by atoms with van der Waals surface area (Å²) in [4.78, 5) is 38.1. The van der Waals surface area contributed by atoms with E-state index in [1.54, 1.807) is 36.2 Å². The van der Waals surface area contributed by atoms with Crippen molar-refractivity contribution in [2.45, 2.75) is 39.3 Å². The second kappa shape index (κ2) is 7.57. The van der Waals surface area contributed by atoms with Gasteiger partial charge in [-0.05, 0) is 45.0 Å². The predicted octanol–water partition coefficient (Wildman–Crippen LogP) is 2.06. The van der Waals surface area contributed by atoms with Gasteiger partial charge in [0.1, 0.15) is 11.3 Å². The number of amides is 3. The Morgan fingerprint density at radius 1 is 1.17 bits per heavy atom. The first-order valence-electron chi connectivity index (χ1n) is 9.29. The summed E-state index contributed by atoms with van der Waals surface area (Å²) in [5.74, 6) is -0.884. The number of primary amides is 1. The van der Waals surface area contributed by atoms with Crippen molar-refractivity contribution in [2.75, 3.05) is 11.9 Å². The number of fused-ring (bicyclic) bond motifs is 1. The van der Waals surface area contributed by atoms with Gasteiger partial charge in [0.2, 0.25) is 5.91 Å². The van der Waals surface area contributed by atoms with Gasteiger partial charge in [0.15, 0.2) is 0 Å². The predicted molar refractivity (Wildman–Crippen MR) is 106 cm³/mol. The number of hydrogen-bond donors (Lipinski definition) is 2. The summed E-state index contributed by atoms with van der Waals surface area (Å²) in [7, 11) is 1.70. The SMILES string of the molecule is Cn1nc2c(c1C(=O)Nc1ccc(C(N)=O)cc1)CN(C(=O)OC(C)(C)C)CC2. The van der Waals surface area contributed by atoms with Gasteiger partial charge in [-0.3, -0.25) is 14.3 Å². The zero-order valence-corrected chi connectivity index (χ0v) is 17.0. The molecule has 1 aromatic heterocycles. The number of benzene rings is 1. The third-order valence-electron chi connectivity index (χ3n) is 4.49. The maximum Gasteiger partial charge on any atom is 0.410 e. The first kappa shape index (κ1) is 20.4. The molecule has 1 aliphatic heterocycles. The molecule has 0 radical (unpaired) electrons. The summed E-state index contributed by atoms with van der Waals surface area (Å²) in [6, 6.07) is 6.30.